The quantitative estimate of drug-likeness (QED) is 0.792. The van der Waals surface area contributed by atoms with Crippen molar-refractivity contribution in [2.24, 2.45) is 0 Å². The van der Waals surface area contributed by atoms with E-state index in [1.54, 1.807) is 19.2 Å². The molecular formula is C14H17N5O2. The molecular weight excluding hydrogens is 270 g/mol. The van der Waals surface area contributed by atoms with Crippen molar-refractivity contribution in [1.29, 1.82) is 0 Å². The number of anilines is 2. The van der Waals surface area contributed by atoms with Crippen molar-refractivity contribution in [3.05, 3.63) is 45.9 Å². The van der Waals surface area contributed by atoms with Gasteiger partial charge < -0.3 is 10.6 Å². The number of carbonyl (C=O) groups is 1. The zero-order valence-corrected chi connectivity index (χ0v) is 12.1. The van der Waals surface area contributed by atoms with Crippen LogP contribution in [-0.4, -0.2) is 28.1 Å². The smallest absolute Gasteiger partial charge is 0.264 e. The van der Waals surface area contributed by atoms with Crippen molar-refractivity contribution in [2.45, 2.75) is 19.8 Å². The lowest BCUT2D eigenvalue weighted by molar-refractivity contribution is 0.102. The summed E-state index contributed by atoms with van der Waals surface area (Å²) >= 11 is 0. The number of aromatic amines is 1. The molecule has 2 aromatic heterocycles. The van der Waals surface area contributed by atoms with Crippen LogP contribution in [0.1, 0.15) is 35.8 Å². The largest absolute Gasteiger partial charge is 0.373 e. The lowest BCUT2D eigenvalue weighted by Crippen LogP contribution is -2.16. The van der Waals surface area contributed by atoms with Gasteiger partial charge in [-0.1, -0.05) is 13.8 Å². The number of nitrogens with zero attached hydrogens (tertiary/aromatic N) is 2. The van der Waals surface area contributed by atoms with Crippen molar-refractivity contribution in [3.8, 4) is 0 Å². The molecule has 0 fully saturated rings. The first-order valence-corrected chi connectivity index (χ1v) is 6.56. The third-order valence-electron chi connectivity index (χ3n) is 2.88. The fourth-order valence-electron chi connectivity index (χ4n) is 1.71. The van der Waals surface area contributed by atoms with Crippen LogP contribution >= 0.6 is 0 Å². The minimum Gasteiger partial charge on any atom is -0.373 e. The number of amides is 1. The fourth-order valence-corrected chi connectivity index (χ4v) is 1.71. The maximum absolute atomic E-state index is 12.2. The van der Waals surface area contributed by atoms with Gasteiger partial charge in [0.2, 0.25) is 0 Å². The van der Waals surface area contributed by atoms with Crippen LogP contribution in [0, 0.1) is 0 Å². The van der Waals surface area contributed by atoms with E-state index in [9.17, 15) is 9.59 Å². The molecule has 2 heterocycles. The molecule has 2 aromatic rings. The van der Waals surface area contributed by atoms with Crippen LogP contribution in [-0.2, 0) is 0 Å². The molecule has 0 aliphatic rings. The van der Waals surface area contributed by atoms with E-state index in [0.29, 0.717) is 11.4 Å². The Balaban J connectivity index is 2.27. The second-order valence-corrected chi connectivity index (χ2v) is 4.83. The Morgan fingerprint density at radius 3 is 2.57 bits per heavy atom. The number of H-pyrrole nitrogens is 1. The first-order valence-electron chi connectivity index (χ1n) is 6.56. The van der Waals surface area contributed by atoms with E-state index in [1.165, 1.54) is 12.1 Å². The number of rotatable bonds is 4. The molecule has 3 N–H and O–H groups in total. The third kappa shape index (κ3) is 3.65. The van der Waals surface area contributed by atoms with Gasteiger partial charge in [0.25, 0.3) is 11.5 Å². The second kappa shape index (κ2) is 6.17. The lowest BCUT2D eigenvalue weighted by Gasteiger charge is -2.10. The summed E-state index contributed by atoms with van der Waals surface area (Å²) in [6.45, 7) is 4.01. The molecule has 0 spiro atoms. The van der Waals surface area contributed by atoms with Gasteiger partial charge >= 0.3 is 0 Å². The predicted molar refractivity (Wildman–Crippen MR) is 80.7 cm³/mol. The van der Waals surface area contributed by atoms with Crippen LogP contribution in [0.25, 0.3) is 0 Å². The highest BCUT2D eigenvalue weighted by Gasteiger charge is 2.12. The topological polar surface area (TPSA) is 99.8 Å². The molecule has 2 rings (SSSR count). The second-order valence-electron chi connectivity index (χ2n) is 4.83. The highest BCUT2D eigenvalue weighted by Crippen LogP contribution is 2.18. The average Bonchev–Trinajstić information content (AvgIpc) is 2.49. The molecule has 0 aliphatic heterocycles. The number of carbonyl (C=O) groups excluding carboxylic acids is 1. The van der Waals surface area contributed by atoms with Crippen molar-refractivity contribution in [2.75, 3.05) is 17.7 Å². The summed E-state index contributed by atoms with van der Waals surface area (Å²) in [4.78, 5) is 27.6. The summed E-state index contributed by atoms with van der Waals surface area (Å²) in [6.07, 6.45) is 0. The summed E-state index contributed by atoms with van der Waals surface area (Å²) in [5.41, 5.74) is 0.976. The molecule has 21 heavy (non-hydrogen) atoms. The molecule has 110 valence electrons. The van der Waals surface area contributed by atoms with Gasteiger partial charge in [0.05, 0.1) is 0 Å². The Morgan fingerprint density at radius 1 is 1.24 bits per heavy atom. The standard InChI is InChI=1S/C14H17N5O2/c1-8(2)10-6-9(7-12(15-3)16-10)14(21)17-11-4-5-13(20)19-18-11/h4-8H,1-3H3,(H,15,16)(H,19,20)(H,17,18,21). The van der Waals surface area contributed by atoms with E-state index in [2.05, 4.69) is 25.8 Å². The molecule has 7 nitrogen and oxygen atoms in total. The zero-order valence-electron chi connectivity index (χ0n) is 12.1. The first kappa shape index (κ1) is 14.7. The molecule has 7 heteroatoms. The summed E-state index contributed by atoms with van der Waals surface area (Å²) in [5, 5.41) is 11.6. The summed E-state index contributed by atoms with van der Waals surface area (Å²) in [5.74, 6) is 0.806. The molecule has 0 atom stereocenters. The van der Waals surface area contributed by atoms with E-state index in [-0.39, 0.29) is 23.2 Å². The molecule has 0 aromatic carbocycles. The van der Waals surface area contributed by atoms with Gasteiger partial charge in [0.1, 0.15) is 5.82 Å². The van der Waals surface area contributed by atoms with Gasteiger partial charge in [-0.3, -0.25) is 9.59 Å². The van der Waals surface area contributed by atoms with Gasteiger partial charge in [-0.15, -0.1) is 0 Å². The highest BCUT2D eigenvalue weighted by molar-refractivity contribution is 6.04. The zero-order chi connectivity index (χ0) is 15.4. The number of pyridine rings is 1. The van der Waals surface area contributed by atoms with Crippen molar-refractivity contribution in [1.82, 2.24) is 15.2 Å². The third-order valence-corrected chi connectivity index (χ3v) is 2.88. The monoisotopic (exact) mass is 287 g/mol. The summed E-state index contributed by atoms with van der Waals surface area (Å²) < 4.78 is 0. The Bertz CT molecular complexity index is 688. The van der Waals surface area contributed by atoms with Crippen LogP contribution in [0.4, 0.5) is 11.6 Å². The minimum atomic E-state index is -0.323. The Morgan fingerprint density at radius 2 is 2.00 bits per heavy atom. The van der Waals surface area contributed by atoms with Crippen LogP contribution in [0.2, 0.25) is 0 Å². The van der Waals surface area contributed by atoms with Crippen LogP contribution < -0.4 is 16.2 Å². The van der Waals surface area contributed by atoms with Crippen molar-refractivity contribution >= 4 is 17.5 Å². The molecule has 0 bridgehead atoms. The van der Waals surface area contributed by atoms with Crippen LogP contribution in [0.15, 0.2) is 29.1 Å². The fraction of sp³-hybridized carbons (Fsp3) is 0.286. The maximum atomic E-state index is 12.2. The number of aromatic nitrogens is 3. The molecule has 0 unspecified atom stereocenters. The predicted octanol–water partition coefficient (Wildman–Crippen LogP) is 1.58. The normalized spacial score (nSPS) is 10.5. The summed E-state index contributed by atoms with van der Waals surface area (Å²) in [6, 6.07) is 6.15. The van der Waals surface area contributed by atoms with E-state index >= 15 is 0 Å². The van der Waals surface area contributed by atoms with Gasteiger partial charge in [0.15, 0.2) is 5.82 Å². The molecule has 0 radical (unpaired) electrons. The van der Waals surface area contributed by atoms with E-state index in [4.69, 9.17) is 0 Å². The van der Waals surface area contributed by atoms with Crippen molar-refractivity contribution < 1.29 is 4.79 Å². The van der Waals surface area contributed by atoms with E-state index < -0.39 is 0 Å². The molecule has 0 saturated carbocycles. The minimum absolute atomic E-state index is 0.205. The van der Waals surface area contributed by atoms with Gasteiger partial charge in [-0.05, 0) is 24.1 Å². The van der Waals surface area contributed by atoms with E-state index in [0.717, 1.165) is 5.69 Å². The lowest BCUT2D eigenvalue weighted by atomic mass is 10.1. The van der Waals surface area contributed by atoms with Gasteiger partial charge in [0, 0.05) is 24.4 Å². The average molecular weight is 287 g/mol. The summed E-state index contributed by atoms with van der Waals surface area (Å²) in [7, 11) is 1.75. The molecule has 0 saturated heterocycles. The number of hydrogen-bond donors (Lipinski definition) is 3. The van der Waals surface area contributed by atoms with E-state index in [1.807, 2.05) is 13.8 Å². The maximum Gasteiger partial charge on any atom is 0.264 e. The number of hydrogen-bond acceptors (Lipinski definition) is 5. The first-order chi connectivity index (χ1) is 9.99. The SMILES string of the molecule is CNc1cc(C(=O)Nc2ccc(=O)[nH]n2)cc(C(C)C)n1. The van der Waals surface area contributed by atoms with Crippen molar-refractivity contribution in [3.63, 3.8) is 0 Å². The Kier molecular flexibility index (Phi) is 4.32. The van der Waals surface area contributed by atoms with Crippen LogP contribution in [0.3, 0.4) is 0 Å². The Labute approximate surface area is 121 Å². The molecule has 0 aliphatic carbocycles. The number of nitrogens with one attached hydrogen (secondary N) is 3. The van der Waals surface area contributed by atoms with Gasteiger partial charge in [-0.25, -0.2) is 10.1 Å². The van der Waals surface area contributed by atoms with Crippen LogP contribution in [0.5, 0.6) is 0 Å². The highest BCUT2D eigenvalue weighted by atomic mass is 16.2. The van der Waals surface area contributed by atoms with Gasteiger partial charge in [-0.2, -0.15) is 5.10 Å². The molecule has 1 amide bonds. The Hall–Kier alpha value is -2.70.